The van der Waals surface area contributed by atoms with Crippen LogP contribution in [0.4, 0.5) is 0 Å². The third-order valence-electron chi connectivity index (χ3n) is 6.73. The van der Waals surface area contributed by atoms with E-state index in [1.54, 1.807) is 0 Å². The molecule has 0 aliphatic carbocycles. The van der Waals surface area contributed by atoms with Gasteiger partial charge < -0.3 is 4.74 Å². The Bertz CT molecular complexity index is 519. The second-order valence-corrected chi connectivity index (χ2v) is 9.98. The molecule has 0 saturated carbocycles. The van der Waals surface area contributed by atoms with Crippen LogP contribution in [0.25, 0.3) is 0 Å². The van der Waals surface area contributed by atoms with Crippen molar-refractivity contribution in [3.05, 3.63) is 24.3 Å². The average molecular weight is 461 g/mol. The molecule has 0 radical (unpaired) electrons. The fraction of sp³-hybridized carbons (Fsp3) is 0.800. The second kappa shape index (κ2) is 21.2. The Kier molecular flexibility index (Phi) is 19.0. The minimum Gasteiger partial charge on any atom is -0.393 e. The molecule has 0 spiro atoms. The molecule has 33 heavy (non-hydrogen) atoms. The van der Waals surface area contributed by atoms with E-state index in [1.165, 1.54) is 103 Å². The van der Waals surface area contributed by atoms with Gasteiger partial charge in [0.15, 0.2) is 0 Å². The van der Waals surface area contributed by atoms with Gasteiger partial charge in [0, 0.05) is 0 Å². The predicted octanol–water partition coefficient (Wildman–Crippen LogP) is 9.26. The molecule has 1 rings (SSSR count). The first-order valence-corrected chi connectivity index (χ1v) is 14.2. The smallest absolute Gasteiger partial charge is 0.317 e. The molecular weight excluding hydrogens is 408 g/mol. The van der Waals surface area contributed by atoms with Crippen LogP contribution in [0.15, 0.2) is 24.3 Å². The normalized spacial score (nSPS) is 17.5. The molecule has 1 aliphatic rings. The summed E-state index contributed by atoms with van der Waals surface area (Å²) in [5, 5.41) is 0. The molecule has 0 N–H and O–H groups in total. The van der Waals surface area contributed by atoms with Crippen LogP contribution < -0.4 is 0 Å². The van der Waals surface area contributed by atoms with Crippen molar-refractivity contribution in [1.82, 2.24) is 0 Å². The number of carbonyl (C=O) groups excluding carboxylic acids is 2. The van der Waals surface area contributed by atoms with E-state index in [4.69, 9.17) is 4.74 Å². The summed E-state index contributed by atoms with van der Waals surface area (Å²) in [4.78, 5) is 23.4. The van der Waals surface area contributed by atoms with Crippen LogP contribution in [-0.2, 0) is 14.3 Å². The second-order valence-electron chi connectivity index (χ2n) is 9.98. The molecule has 1 heterocycles. The Morgan fingerprint density at radius 1 is 0.697 bits per heavy atom. The van der Waals surface area contributed by atoms with E-state index in [2.05, 4.69) is 38.2 Å². The molecule has 1 unspecified atom stereocenters. The van der Waals surface area contributed by atoms with Gasteiger partial charge in [-0.1, -0.05) is 128 Å². The van der Waals surface area contributed by atoms with E-state index in [-0.39, 0.29) is 30.2 Å². The summed E-state index contributed by atoms with van der Waals surface area (Å²) in [6.45, 7) is 4.53. The largest absolute Gasteiger partial charge is 0.393 e. The highest BCUT2D eigenvalue weighted by molar-refractivity contribution is 5.94. The zero-order chi connectivity index (χ0) is 24.0. The van der Waals surface area contributed by atoms with Crippen molar-refractivity contribution in [3.8, 4) is 0 Å². The van der Waals surface area contributed by atoms with Gasteiger partial charge in [0.1, 0.15) is 0 Å². The quantitative estimate of drug-likeness (QED) is 0.0699. The van der Waals surface area contributed by atoms with E-state index in [1.807, 2.05) is 0 Å². The molecule has 1 aliphatic heterocycles. The maximum atomic E-state index is 11.9. The van der Waals surface area contributed by atoms with Crippen LogP contribution in [0.5, 0.6) is 0 Å². The van der Waals surface area contributed by atoms with Crippen molar-refractivity contribution >= 4 is 11.9 Å². The Balaban J connectivity index is 2.28. The van der Waals surface area contributed by atoms with Crippen molar-refractivity contribution in [2.75, 3.05) is 0 Å². The lowest BCUT2D eigenvalue weighted by molar-refractivity contribution is -0.153. The van der Waals surface area contributed by atoms with Crippen LogP contribution >= 0.6 is 0 Å². The molecule has 0 aromatic rings. The number of allylic oxidation sites excluding steroid dienone is 4. The first-order valence-electron chi connectivity index (χ1n) is 14.2. The number of cyclic esters (lactones) is 2. The Labute approximate surface area is 204 Å². The first kappa shape index (κ1) is 29.7. The maximum Gasteiger partial charge on any atom is 0.317 e. The highest BCUT2D eigenvalue weighted by Gasteiger charge is 2.34. The highest BCUT2D eigenvalue weighted by atomic mass is 16.6. The van der Waals surface area contributed by atoms with E-state index in [9.17, 15) is 9.59 Å². The minimum atomic E-state index is -0.366. The molecule has 3 heteroatoms. The summed E-state index contributed by atoms with van der Waals surface area (Å²) < 4.78 is 4.76. The maximum absolute atomic E-state index is 11.9. The molecule has 3 nitrogen and oxygen atoms in total. The molecule has 1 fully saturated rings. The summed E-state index contributed by atoms with van der Waals surface area (Å²) in [6.07, 6.45) is 33.6. The number of rotatable bonds is 22. The summed E-state index contributed by atoms with van der Waals surface area (Å²) in [6, 6.07) is 0. The van der Waals surface area contributed by atoms with Crippen LogP contribution in [0.2, 0.25) is 0 Å². The molecule has 0 bridgehead atoms. The monoisotopic (exact) mass is 460 g/mol. The van der Waals surface area contributed by atoms with Gasteiger partial charge in [0.25, 0.3) is 0 Å². The van der Waals surface area contributed by atoms with Crippen LogP contribution in [0, 0.1) is 11.8 Å². The number of ether oxygens (including phenoxy) is 1. The van der Waals surface area contributed by atoms with Gasteiger partial charge in [0.05, 0.1) is 12.3 Å². The Morgan fingerprint density at radius 3 is 1.52 bits per heavy atom. The van der Waals surface area contributed by atoms with Crippen molar-refractivity contribution in [3.63, 3.8) is 0 Å². The molecule has 190 valence electrons. The van der Waals surface area contributed by atoms with Crippen LogP contribution in [0.1, 0.15) is 142 Å². The topological polar surface area (TPSA) is 43.4 Å². The van der Waals surface area contributed by atoms with Gasteiger partial charge in [-0.15, -0.1) is 0 Å². The number of carbonyl (C=O) groups is 2. The highest BCUT2D eigenvalue weighted by Crippen LogP contribution is 2.26. The summed E-state index contributed by atoms with van der Waals surface area (Å²) in [5.74, 6) is -0.757. The minimum absolute atomic E-state index is 0.219. The van der Waals surface area contributed by atoms with Gasteiger partial charge in [-0.05, 0) is 38.0 Å². The third kappa shape index (κ3) is 16.8. The standard InChI is InChI=1S/C30H52O3/c1-3-5-7-9-11-13-15-17-19-21-23-27(25-28-26-29(31)33-30(28)32)24-22-20-18-16-14-12-10-8-6-4-2/h21-24,27-28H,3-20,25-26H2,1-2H3. The van der Waals surface area contributed by atoms with Crippen molar-refractivity contribution in [2.24, 2.45) is 11.8 Å². The third-order valence-corrected chi connectivity index (χ3v) is 6.73. The zero-order valence-corrected chi connectivity index (χ0v) is 21.8. The molecule has 0 aromatic carbocycles. The van der Waals surface area contributed by atoms with Gasteiger partial charge >= 0.3 is 11.9 Å². The van der Waals surface area contributed by atoms with Gasteiger partial charge in [-0.3, -0.25) is 9.59 Å². The summed E-state index contributed by atoms with van der Waals surface area (Å²) >= 11 is 0. The number of unbranched alkanes of at least 4 members (excludes halogenated alkanes) is 16. The first-order chi connectivity index (χ1) is 16.2. The van der Waals surface area contributed by atoms with E-state index >= 15 is 0 Å². The van der Waals surface area contributed by atoms with Crippen molar-refractivity contribution in [1.29, 1.82) is 0 Å². The lowest BCUT2D eigenvalue weighted by Gasteiger charge is -2.11. The molecule has 1 atom stereocenters. The number of hydrogen-bond acceptors (Lipinski definition) is 3. The zero-order valence-electron chi connectivity index (χ0n) is 21.8. The average Bonchev–Trinajstić information content (AvgIpc) is 3.12. The fourth-order valence-corrected chi connectivity index (χ4v) is 4.59. The van der Waals surface area contributed by atoms with Crippen LogP contribution in [-0.4, -0.2) is 11.9 Å². The number of hydrogen-bond donors (Lipinski definition) is 0. The van der Waals surface area contributed by atoms with E-state index < -0.39 is 0 Å². The molecule has 1 saturated heterocycles. The van der Waals surface area contributed by atoms with E-state index in [0.717, 1.165) is 12.8 Å². The van der Waals surface area contributed by atoms with Gasteiger partial charge in [-0.2, -0.15) is 0 Å². The van der Waals surface area contributed by atoms with Gasteiger partial charge in [-0.25, -0.2) is 0 Å². The Morgan fingerprint density at radius 2 is 1.12 bits per heavy atom. The van der Waals surface area contributed by atoms with Gasteiger partial charge in [0.2, 0.25) is 0 Å². The lowest BCUT2D eigenvalue weighted by Crippen LogP contribution is -2.11. The van der Waals surface area contributed by atoms with Crippen molar-refractivity contribution < 1.29 is 14.3 Å². The van der Waals surface area contributed by atoms with E-state index in [0.29, 0.717) is 6.42 Å². The Hall–Kier alpha value is -1.38. The fourth-order valence-electron chi connectivity index (χ4n) is 4.59. The SMILES string of the molecule is CCCCCCCCCCC=CC(C=CCCCCCCCCCC)CC1CC(=O)OC1=O. The summed E-state index contributed by atoms with van der Waals surface area (Å²) in [5.41, 5.74) is 0. The van der Waals surface area contributed by atoms with Crippen molar-refractivity contribution in [2.45, 2.75) is 142 Å². The summed E-state index contributed by atoms with van der Waals surface area (Å²) in [7, 11) is 0. The lowest BCUT2D eigenvalue weighted by atomic mass is 9.92. The molecule has 0 aromatic heterocycles. The molecular formula is C30H52O3. The predicted molar refractivity (Wildman–Crippen MR) is 140 cm³/mol. The molecule has 0 amide bonds. The number of esters is 2. The van der Waals surface area contributed by atoms with Crippen LogP contribution in [0.3, 0.4) is 0 Å².